The highest BCUT2D eigenvalue weighted by atomic mass is 16.1. The molecule has 0 saturated carbocycles. The third kappa shape index (κ3) is 2.03. The van der Waals surface area contributed by atoms with Crippen LogP contribution in [0, 0.1) is 0 Å². The highest BCUT2D eigenvalue weighted by Crippen LogP contribution is 2.17. The molecular weight excluding hydrogens is 244 g/mol. The number of benzene rings is 1. The molecule has 6 heteroatoms. The maximum atomic E-state index is 11.8. The average Bonchev–Trinajstić information content (AvgIpc) is 2.94. The molecule has 3 aromatic rings. The van der Waals surface area contributed by atoms with Crippen molar-refractivity contribution in [2.45, 2.75) is 6.54 Å². The van der Waals surface area contributed by atoms with Crippen LogP contribution in [-0.4, -0.2) is 15.2 Å². The van der Waals surface area contributed by atoms with Crippen LogP contribution in [0.25, 0.3) is 10.8 Å². The van der Waals surface area contributed by atoms with E-state index in [-0.39, 0.29) is 11.1 Å². The molecule has 0 aliphatic rings. The fourth-order valence-corrected chi connectivity index (χ4v) is 2.04. The summed E-state index contributed by atoms with van der Waals surface area (Å²) < 4.78 is 0. The lowest BCUT2D eigenvalue weighted by Crippen LogP contribution is -2.20. The second-order valence-electron chi connectivity index (χ2n) is 4.19. The minimum Gasteiger partial charge on any atom is -0.379 e. The lowest BCUT2D eigenvalue weighted by molar-refractivity contribution is 0.975. The van der Waals surface area contributed by atoms with Crippen LogP contribution in [0.15, 0.2) is 46.1 Å². The first-order chi connectivity index (χ1) is 9.25. The van der Waals surface area contributed by atoms with Crippen LogP contribution < -0.4 is 16.4 Å². The molecule has 0 saturated heterocycles. The van der Waals surface area contributed by atoms with Gasteiger partial charge in [0.1, 0.15) is 0 Å². The van der Waals surface area contributed by atoms with Gasteiger partial charge in [0, 0.05) is 17.6 Å². The first-order valence-corrected chi connectivity index (χ1v) is 5.85. The summed E-state index contributed by atoms with van der Waals surface area (Å²) in [5.74, 6) is 0. The Hall–Kier alpha value is -2.76. The zero-order chi connectivity index (χ0) is 13.2. The smallest absolute Gasteiger partial charge is 0.272 e. The molecular formula is C13H12N4O2. The van der Waals surface area contributed by atoms with E-state index in [1.54, 1.807) is 18.2 Å². The number of nitrogens with one attached hydrogen (secondary N) is 4. The van der Waals surface area contributed by atoms with Crippen molar-refractivity contribution in [1.29, 1.82) is 0 Å². The van der Waals surface area contributed by atoms with Gasteiger partial charge in [0.05, 0.1) is 17.3 Å². The second kappa shape index (κ2) is 4.49. The molecule has 0 spiro atoms. The molecule has 0 aliphatic heterocycles. The SMILES string of the molecule is O=c1[nH][nH]c(=O)c2c(NCc3ccc[nH]3)cccc12. The zero-order valence-electron chi connectivity index (χ0n) is 9.99. The quantitative estimate of drug-likeness (QED) is 0.566. The van der Waals surface area contributed by atoms with Crippen LogP contribution in [0.1, 0.15) is 5.69 Å². The van der Waals surface area contributed by atoms with Gasteiger partial charge in [0.2, 0.25) is 0 Å². The van der Waals surface area contributed by atoms with E-state index in [2.05, 4.69) is 20.5 Å². The third-order valence-corrected chi connectivity index (χ3v) is 2.96. The van der Waals surface area contributed by atoms with Crippen molar-refractivity contribution in [3.05, 3.63) is 62.9 Å². The molecule has 4 N–H and O–H groups in total. The van der Waals surface area contributed by atoms with Gasteiger partial charge >= 0.3 is 0 Å². The van der Waals surface area contributed by atoms with Crippen molar-refractivity contribution in [3.8, 4) is 0 Å². The molecule has 0 fully saturated rings. The summed E-state index contributed by atoms with van der Waals surface area (Å²) in [7, 11) is 0. The molecule has 96 valence electrons. The van der Waals surface area contributed by atoms with E-state index in [0.717, 1.165) is 5.69 Å². The predicted molar refractivity (Wildman–Crippen MR) is 73.3 cm³/mol. The largest absolute Gasteiger partial charge is 0.379 e. The van der Waals surface area contributed by atoms with Crippen LogP contribution in [0.4, 0.5) is 5.69 Å². The molecule has 0 radical (unpaired) electrons. The van der Waals surface area contributed by atoms with E-state index in [0.29, 0.717) is 23.0 Å². The highest BCUT2D eigenvalue weighted by Gasteiger charge is 2.07. The van der Waals surface area contributed by atoms with E-state index in [9.17, 15) is 9.59 Å². The van der Waals surface area contributed by atoms with Crippen molar-refractivity contribution in [2.75, 3.05) is 5.32 Å². The second-order valence-corrected chi connectivity index (χ2v) is 4.19. The number of hydrogen-bond acceptors (Lipinski definition) is 3. The van der Waals surface area contributed by atoms with Gasteiger partial charge in [-0.05, 0) is 24.3 Å². The van der Waals surface area contributed by atoms with Crippen LogP contribution in [-0.2, 0) is 6.54 Å². The molecule has 19 heavy (non-hydrogen) atoms. The van der Waals surface area contributed by atoms with E-state index in [1.165, 1.54) is 0 Å². The third-order valence-electron chi connectivity index (χ3n) is 2.96. The molecule has 0 bridgehead atoms. The van der Waals surface area contributed by atoms with Gasteiger partial charge in [-0.25, -0.2) is 0 Å². The summed E-state index contributed by atoms with van der Waals surface area (Å²) in [4.78, 5) is 26.6. The van der Waals surface area contributed by atoms with Gasteiger partial charge in [0.25, 0.3) is 11.1 Å². The van der Waals surface area contributed by atoms with Gasteiger partial charge in [0.15, 0.2) is 0 Å². The van der Waals surface area contributed by atoms with Gasteiger partial charge in [-0.1, -0.05) is 6.07 Å². The van der Waals surface area contributed by atoms with Gasteiger partial charge < -0.3 is 10.3 Å². The van der Waals surface area contributed by atoms with Gasteiger partial charge in [-0.15, -0.1) is 0 Å². The first kappa shape index (κ1) is 11.3. The van der Waals surface area contributed by atoms with E-state index >= 15 is 0 Å². The summed E-state index contributed by atoms with van der Waals surface area (Å²) in [5.41, 5.74) is 1.01. The lowest BCUT2D eigenvalue weighted by atomic mass is 10.1. The standard InChI is InChI=1S/C13H12N4O2/c18-12-9-4-1-5-10(11(9)13(19)17-16-12)15-7-8-3-2-6-14-8/h1-6,14-15H,7H2,(H,16,18)(H,17,19). The predicted octanol–water partition coefficient (Wildman–Crippen LogP) is 1.16. The molecule has 2 aromatic heterocycles. The number of fused-ring (bicyclic) bond motifs is 1. The van der Waals surface area contributed by atoms with E-state index in [1.807, 2.05) is 18.3 Å². The van der Waals surface area contributed by atoms with Crippen LogP contribution in [0.3, 0.4) is 0 Å². The summed E-state index contributed by atoms with van der Waals surface area (Å²) in [5, 5.41) is 8.55. The Morgan fingerprint density at radius 3 is 2.63 bits per heavy atom. The monoisotopic (exact) mass is 256 g/mol. The minimum atomic E-state index is -0.316. The zero-order valence-corrected chi connectivity index (χ0v) is 9.99. The van der Waals surface area contributed by atoms with Crippen molar-refractivity contribution in [2.24, 2.45) is 0 Å². The first-order valence-electron chi connectivity index (χ1n) is 5.85. The maximum absolute atomic E-state index is 11.8. The number of aromatic nitrogens is 3. The molecule has 0 atom stereocenters. The van der Waals surface area contributed by atoms with Crippen molar-refractivity contribution in [1.82, 2.24) is 15.2 Å². The van der Waals surface area contributed by atoms with Crippen LogP contribution in [0.5, 0.6) is 0 Å². The van der Waals surface area contributed by atoms with Crippen molar-refractivity contribution < 1.29 is 0 Å². The van der Waals surface area contributed by atoms with E-state index in [4.69, 9.17) is 0 Å². The fraction of sp³-hybridized carbons (Fsp3) is 0.0769. The Morgan fingerprint density at radius 2 is 1.84 bits per heavy atom. The maximum Gasteiger partial charge on any atom is 0.272 e. The van der Waals surface area contributed by atoms with Gasteiger partial charge in [-0.3, -0.25) is 19.8 Å². The number of aromatic amines is 3. The van der Waals surface area contributed by atoms with Crippen molar-refractivity contribution in [3.63, 3.8) is 0 Å². The Balaban J connectivity index is 2.06. The minimum absolute atomic E-state index is 0.307. The molecule has 6 nitrogen and oxygen atoms in total. The molecule has 2 heterocycles. The number of H-pyrrole nitrogens is 3. The molecule has 1 aromatic carbocycles. The fourth-order valence-electron chi connectivity index (χ4n) is 2.04. The van der Waals surface area contributed by atoms with Crippen LogP contribution in [0.2, 0.25) is 0 Å². The van der Waals surface area contributed by atoms with Crippen LogP contribution >= 0.6 is 0 Å². The molecule has 3 rings (SSSR count). The number of rotatable bonds is 3. The molecule has 0 aliphatic carbocycles. The Morgan fingerprint density at radius 1 is 1.00 bits per heavy atom. The number of hydrogen-bond donors (Lipinski definition) is 4. The highest BCUT2D eigenvalue weighted by molar-refractivity contribution is 5.92. The summed E-state index contributed by atoms with van der Waals surface area (Å²) >= 11 is 0. The average molecular weight is 256 g/mol. The normalized spacial score (nSPS) is 10.7. The molecule has 0 unspecified atom stereocenters. The Kier molecular flexibility index (Phi) is 2.68. The van der Waals surface area contributed by atoms with E-state index < -0.39 is 0 Å². The van der Waals surface area contributed by atoms with Crippen molar-refractivity contribution >= 4 is 16.5 Å². The van der Waals surface area contributed by atoms with Gasteiger partial charge in [-0.2, -0.15) is 0 Å². The summed E-state index contributed by atoms with van der Waals surface area (Å²) in [6.45, 7) is 0.554. The lowest BCUT2D eigenvalue weighted by Gasteiger charge is -2.07. The topological polar surface area (TPSA) is 93.5 Å². The Bertz CT molecular complexity index is 815. The summed E-state index contributed by atoms with van der Waals surface area (Å²) in [6, 6.07) is 8.99. The number of anilines is 1. The Labute approximate surface area is 107 Å². The summed E-state index contributed by atoms with van der Waals surface area (Å²) in [6.07, 6.45) is 1.83. The molecule has 0 amide bonds.